The Bertz CT molecular complexity index is 890. The lowest BCUT2D eigenvalue weighted by molar-refractivity contribution is -0.258. The molecule has 1 aliphatic heterocycles. The molecule has 5 atom stereocenters. The van der Waals surface area contributed by atoms with Gasteiger partial charge in [0.1, 0.15) is 0 Å². The van der Waals surface area contributed by atoms with Crippen molar-refractivity contribution in [1.29, 1.82) is 0 Å². The third-order valence-corrected chi connectivity index (χ3v) is 4.56. The van der Waals surface area contributed by atoms with Gasteiger partial charge in [-0.1, -0.05) is 18.2 Å². The standard InChI is InChI=1S/C20H23NO7/c1-11-17(26-12(2)22)18(27-13(3)23)19(28-14(4)24)20(25-11)21-10-9-15-7-5-6-8-16(15)21/h5-11,17-20H,1-4H3/t11-,17-,18+,19+,20-/m0/s1. The molecule has 1 aromatic heterocycles. The molecule has 1 aromatic carbocycles. The molecule has 2 heterocycles. The molecule has 8 heteroatoms. The highest BCUT2D eigenvalue weighted by molar-refractivity contribution is 5.80. The number of nitrogens with zero attached hydrogens (tertiary/aromatic N) is 1. The van der Waals surface area contributed by atoms with Crippen molar-refractivity contribution in [2.45, 2.75) is 58.3 Å². The SMILES string of the molecule is CC(=O)O[C@@H]1[C@@H](OC(C)=O)[C@H](C)O[C@H](n2ccc3ccccc32)[C@@H]1OC(C)=O. The molecule has 1 saturated heterocycles. The van der Waals surface area contributed by atoms with E-state index in [1.807, 2.05) is 41.1 Å². The quantitative estimate of drug-likeness (QED) is 0.585. The van der Waals surface area contributed by atoms with Crippen molar-refractivity contribution in [3.63, 3.8) is 0 Å². The summed E-state index contributed by atoms with van der Waals surface area (Å²) in [5.74, 6) is -1.70. The Kier molecular flexibility index (Phi) is 5.69. The van der Waals surface area contributed by atoms with Crippen LogP contribution in [0.1, 0.15) is 33.9 Å². The lowest BCUT2D eigenvalue weighted by Crippen LogP contribution is -2.58. The van der Waals surface area contributed by atoms with Gasteiger partial charge in [0.25, 0.3) is 0 Å². The molecule has 0 amide bonds. The van der Waals surface area contributed by atoms with Gasteiger partial charge in [0, 0.05) is 27.0 Å². The van der Waals surface area contributed by atoms with E-state index >= 15 is 0 Å². The fourth-order valence-corrected chi connectivity index (χ4v) is 3.54. The predicted molar refractivity (Wildman–Crippen MR) is 98.2 cm³/mol. The topological polar surface area (TPSA) is 93.1 Å². The molecular weight excluding hydrogens is 366 g/mol. The molecule has 3 rings (SSSR count). The van der Waals surface area contributed by atoms with Crippen molar-refractivity contribution in [1.82, 2.24) is 4.57 Å². The summed E-state index contributed by atoms with van der Waals surface area (Å²) in [6.45, 7) is 5.47. The number of carbonyl (C=O) groups excluding carboxylic acids is 3. The number of ether oxygens (including phenoxy) is 4. The van der Waals surface area contributed by atoms with Crippen molar-refractivity contribution in [2.75, 3.05) is 0 Å². The van der Waals surface area contributed by atoms with Gasteiger partial charge in [-0.05, 0) is 24.4 Å². The summed E-state index contributed by atoms with van der Waals surface area (Å²) >= 11 is 0. The molecule has 8 nitrogen and oxygen atoms in total. The zero-order valence-electron chi connectivity index (χ0n) is 16.2. The number of carbonyl (C=O) groups is 3. The number of aromatic nitrogens is 1. The fourth-order valence-electron chi connectivity index (χ4n) is 3.54. The summed E-state index contributed by atoms with van der Waals surface area (Å²) in [5, 5.41) is 0.978. The van der Waals surface area contributed by atoms with E-state index in [1.165, 1.54) is 20.8 Å². The monoisotopic (exact) mass is 389 g/mol. The van der Waals surface area contributed by atoms with Crippen molar-refractivity contribution in [3.05, 3.63) is 36.5 Å². The van der Waals surface area contributed by atoms with Crippen LogP contribution < -0.4 is 0 Å². The van der Waals surface area contributed by atoms with Gasteiger partial charge in [-0.25, -0.2) is 0 Å². The van der Waals surface area contributed by atoms with Gasteiger partial charge in [0.2, 0.25) is 0 Å². The van der Waals surface area contributed by atoms with Crippen LogP contribution in [0.3, 0.4) is 0 Å². The smallest absolute Gasteiger partial charge is 0.303 e. The third-order valence-electron chi connectivity index (χ3n) is 4.56. The normalized spacial score (nSPS) is 27.2. The van der Waals surface area contributed by atoms with Crippen LogP contribution in [0.15, 0.2) is 36.5 Å². The lowest BCUT2D eigenvalue weighted by Gasteiger charge is -2.44. The average Bonchev–Trinajstić information content (AvgIpc) is 3.03. The Balaban J connectivity index is 2.06. The molecule has 0 unspecified atom stereocenters. The third kappa shape index (κ3) is 4.01. The largest absolute Gasteiger partial charge is 0.456 e. The second-order valence-electron chi connectivity index (χ2n) is 6.74. The molecule has 1 aliphatic rings. The van der Waals surface area contributed by atoms with Gasteiger partial charge in [-0.3, -0.25) is 14.4 Å². The molecule has 150 valence electrons. The highest BCUT2D eigenvalue weighted by Crippen LogP contribution is 2.36. The maximum absolute atomic E-state index is 11.8. The highest BCUT2D eigenvalue weighted by atomic mass is 16.7. The van der Waals surface area contributed by atoms with E-state index in [1.54, 1.807) is 6.92 Å². The van der Waals surface area contributed by atoms with Crippen molar-refractivity contribution >= 4 is 28.8 Å². The van der Waals surface area contributed by atoms with Gasteiger partial charge in [0.15, 0.2) is 24.5 Å². The number of esters is 3. The van der Waals surface area contributed by atoms with E-state index in [-0.39, 0.29) is 0 Å². The van der Waals surface area contributed by atoms with Gasteiger partial charge in [0.05, 0.1) is 11.6 Å². The van der Waals surface area contributed by atoms with Crippen LogP contribution in [-0.2, 0) is 33.3 Å². The first-order valence-electron chi connectivity index (χ1n) is 9.00. The molecule has 0 radical (unpaired) electrons. The predicted octanol–water partition coefficient (Wildman–Crippen LogP) is 2.35. The molecular formula is C20H23NO7. The van der Waals surface area contributed by atoms with Crippen molar-refractivity contribution < 1.29 is 33.3 Å². The lowest BCUT2D eigenvalue weighted by atomic mass is 9.97. The molecule has 0 saturated carbocycles. The van der Waals surface area contributed by atoms with E-state index in [9.17, 15) is 14.4 Å². The number of benzene rings is 1. The van der Waals surface area contributed by atoms with E-state index in [2.05, 4.69) is 0 Å². The number of fused-ring (bicyclic) bond motifs is 1. The molecule has 28 heavy (non-hydrogen) atoms. The summed E-state index contributed by atoms with van der Waals surface area (Å²) in [4.78, 5) is 35.1. The van der Waals surface area contributed by atoms with Gasteiger partial charge < -0.3 is 23.5 Å². The molecule has 0 bridgehead atoms. The molecule has 1 fully saturated rings. The fraction of sp³-hybridized carbons (Fsp3) is 0.450. The molecule has 0 N–H and O–H groups in total. The van der Waals surface area contributed by atoms with Crippen LogP contribution >= 0.6 is 0 Å². The Morgan fingerprint density at radius 1 is 0.857 bits per heavy atom. The number of para-hydroxylation sites is 1. The summed E-state index contributed by atoms with van der Waals surface area (Å²) < 4.78 is 24.2. The van der Waals surface area contributed by atoms with E-state index in [4.69, 9.17) is 18.9 Å². The van der Waals surface area contributed by atoms with Gasteiger partial charge >= 0.3 is 17.9 Å². The second-order valence-corrected chi connectivity index (χ2v) is 6.74. The first kappa shape index (κ1) is 19.9. The summed E-state index contributed by atoms with van der Waals surface area (Å²) in [5.41, 5.74) is 0.865. The first-order valence-corrected chi connectivity index (χ1v) is 9.00. The Morgan fingerprint density at radius 2 is 1.43 bits per heavy atom. The van der Waals surface area contributed by atoms with Crippen LogP contribution in [0.4, 0.5) is 0 Å². The highest BCUT2D eigenvalue weighted by Gasteiger charge is 2.51. The van der Waals surface area contributed by atoms with Gasteiger partial charge in [-0.15, -0.1) is 0 Å². The zero-order valence-corrected chi connectivity index (χ0v) is 16.2. The molecule has 0 spiro atoms. The number of hydrogen-bond donors (Lipinski definition) is 0. The Hall–Kier alpha value is -2.87. The summed E-state index contributed by atoms with van der Waals surface area (Å²) in [6.07, 6.45) is -2.49. The van der Waals surface area contributed by atoms with Crippen LogP contribution in [-0.4, -0.2) is 46.9 Å². The van der Waals surface area contributed by atoms with Crippen molar-refractivity contribution in [3.8, 4) is 0 Å². The minimum absolute atomic E-state index is 0.552. The second kappa shape index (κ2) is 8.02. The van der Waals surface area contributed by atoms with Crippen LogP contribution in [0, 0.1) is 0 Å². The van der Waals surface area contributed by atoms with Crippen LogP contribution in [0.2, 0.25) is 0 Å². The van der Waals surface area contributed by atoms with E-state index in [0.29, 0.717) is 0 Å². The van der Waals surface area contributed by atoms with E-state index < -0.39 is 48.6 Å². The number of hydrogen-bond acceptors (Lipinski definition) is 7. The van der Waals surface area contributed by atoms with E-state index in [0.717, 1.165) is 10.9 Å². The summed E-state index contributed by atoms with van der Waals surface area (Å²) in [7, 11) is 0. The Morgan fingerprint density at radius 3 is 2.07 bits per heavy atom. The maximum Gasteiger partial charge on any atom is 0.303 e. The number of rotatable bonds is 4. The maximum atomic E-state index is 11.8. The van der Waals surface area contributed by atoms with Crippen LogP contribution in [0.5, 0.6) is 0 Å². The minimum Gasteiger partial charge on any atom is -0.456 e. The molecule has 2 aromatic rings. The minimum atomic E-state index is -1.01. The molecule has 0 aliphatic carbocycles. The Labute approximate surface area is 162 Å². The zero-order chi connectivity index (χ0) is 20.4. The van der Waals surface area contributed by atoms with Crippen LogP contribution in [0.25, 0.3) is 10.9 Å². The summed E-state index contributed by atoms with van der Waals surface area (Å²) in [6, 6.07) is 9.57. The first-order chi connectivity index (χ1) is 13.3. The van der Waals surface area contributed by atoms with Crippen molar-refractivity contribution in [2.24, 2.45) is 0 Å². The average molecular weight is 389 g/mol. The van der Waals surface area contributed by atoms with Gasteiger partial charge in [-0.2, -0.15) is 0 Å².